The number of rotatable bonds is 5. The van der Waals surface area contributed by atoms with Crippen LogP contribution in [0.25, 0.3) is 11.3 Å². The minimum absolute atomic E-state index is 0.109. The molecule has 0 unspecified atom stereocenters. The number of esters is 1. The molecule has 0 bridgehead atoms. The van der Waals surface area contributed by atoms with E-state index < -0.39 is 24.0 Å². The Kier molecular flexibility index (Phi) is 5.13. The number of nitrogens with zero attached hydrogens (tertiary/aromatic N) is 2. The molecule has 0 spiro atoms. The van der Waals surface area contributed by atoms with Crippen molar-refractivity contribution in [3.05, 3.63) is 51.3 Å². The van der Waals surface area contributed by atoms with E-state index in [1.54, 1.807) is 31.2 Å². The van der Waals surface area contributed by atoms with E-state index in [1.807, 2.05) is 0 Å². The van der Waals surface area contributed by atoms with Crippen molar-refractivity contribution in [2.45, 2.75) is 13.5 Å². The second kappa shape index (κ2) is 7.06. The molecule has 0 aliphatic rings. The third-order valence-corrected chi connectivity index (χ3v) is 3.25. The van der Waals surface area contributed by atoms with Crippen molar-refractivity contribution < 1.29 is 14.3 Å². The molecular weight excluding hydrogens is 322 g/mol. The Labute approximate surface area is 136 Å². The van der Waals surface area contributed by atoms with Gasteiger partial charge < -0.3 is 10.5 Å². The maximum atomic E-state index is 12.2. The minimum Gasteiger partial charge on any atom is -0.462 e. The summed E-state index contributed by atoms with van der Waals surface area (Å²) in [5, 5.41) is 4.45. The van der Waals surface area contributed by atoms with Gasteiger partial charge in [0.1, 0.15) is 12.1 Å². The minimum atomic E-state index is -0.800. The molecule has 1 aromatic heterocycles. The molecule has 2 N–H and O–H groups in total. The maximum Gasteiger partial charge on any atom is 0.343 e. The van der Waals surface area contributed by atoms with Crippen molar-refractivity contribution >= 4 is 23.5 Å². The Morgan fingerprint density at radius 1 is 1.35 bits per heavy atom. The quantitative estimate of drug-likeness (QED) is 0.827. The van der Waals surface area contributed by atoms with E-state index in [0.717, 1.165) is 4.68 Å². The van der Waals surface area contributed by atoms with Crippen molar-refractivity contribution in [3.8, 4) is 11.3 Å². The van der Waals surface area contributed by atoms with Crippen LogP contribution in [0, 0.1) is 0 Å². The fraction of sp³-hybridized carbons (Fsp3) is 0.200. The largest absolute Gasteiger partial charge is 0.462 e. The first-order chi connectivity index (χ1) is 10.9. The first kappa shape index (κ1) is 16.7. The Balaban J connectivity index is 2.66. The molecule has 2 rings (SSSR count). The van der Waals surface area contributed by atoms with Crippen LogP contribution < -0.4 is 11.3 Å². The normalized spacial score (nSPS) is 10.3. The zero-order chi connectivity index (χ0) is 17.0. The Morgan fingerprint density at radius 2 is 2.04 bits per heavy atom. The van der Waals surface area contributed by atoms with Gasteiger partial charge in [-0.25, -0.2) is 9.48 Å². The van der Waals surface area contributed by atoms with Crippen LogP contribution in [0.5, 0.6) is 0 Å². The molecule has 0 aliphatic heterocycles. The van der Waals surface area contributed by atoms with Gasteiger partial charge in [-0.3, -0.25) is 9.59 Å². The fourth-order valence-corrected chi connectivity index (χ4v) is 2.18. The molecule has 0 radical (unpaired) electrons. The molecule has 1 amide bonds. The smallest absolute Gasteiger partial charge is 0.343 e. The standard InChI is InChI=1S/C15H14ClN3O4/c1-2-23-15(22)10-7-12(9-5-3-4-6-11(9)16)18-19(14(10)21)8-13(17)20/h3-7H,2,8H2,1H3,(H2,17,20). The van der Waals surface area contributed by atoms with Gasteiger partial charge in [0, 0.05) is 5.56 Å². The lowest BCUT2D eigenvalue weighted by molar-refractivity contribution is -0.118. The molecule has 0 fully saturated rings. The highest BCUT2D eigenvalue weighted by Crippen LogP contribution is 2.25. The average molecular weight is 336 g/mol. The summed E-state index contributed by atoms with van der Waals surface area (Å²) in [7, 11) is 0. The first-order valence-electron chi connectivity index (χ1n) is 6.76. The highest BCUT2D eigenvalue weighted by Gasteiger charge is 2.19. The molecule has 23 heavy (non-hydrogen) atoms. The monoisotopic (exact) mass is 335 g/mol. The van der Waals surface area contributed by atoms with E-state index in [4.69, 9.17) is 22.1 Å². The number of benzene rings is 1. The van der Waals surface area contributed by atoms with E-state index in [0.29, 0.717) is 10.6 Å². The van der Waals surface area contributed by atoms with Crippen molar-refractivity contribution in [3.63, 3.8) is 0 Å². The highest BCUT2D eigenvalue weighted by atomic mass is 35.5. The van der Waals surface area contributed by atoms with E-state index in [2.05, 4.69) is 5.10 Å². The van der Waals surface area contributed by atoms with Gasteiger partial charge in [-0.1, -0.05) is 29.8 Å². The van der Waals surface area contributed by atoms with E-state index in [-0.39, 0.29) is 17.9 Å². The van der Waals surface area contributed by atoms with Crippen LogP contribution in [0.4, 0.5) is 0 Å². The predicted molar refractivity (Wildman–Crippen MR) is 84.1 cm³/mol. The number of carbonyl (C=O) groups excluding carboxylic acids is 2. The molecule has 1 aromatic carbocycles. The fourth-order valence-electron chi connectivity index (χ4n) is 1.95. The lowest BCUT2D eigenvalue weighted by atomic mass is 10.1. The van der Waals surface area contributed by atoms with E-state index in [1.165, 1.54) is 6.07 Å². The number of halogens is 1. The Hall–Kier alpha value is -2.67. The number of amides is 1. The summed E-state index contributed by atoms with van der Waals surface area (Å²) >= 11 is 6.11. The van der Waals surface area contributed by atoms with Crippen molar-refractivity contribution in [1.29, 1.82) is 0 Å². The van der Waals surface area contributed by atoms with Gasteiger partial charge in [0.05, 0.1) is 17.3 Å². The predicted octanol–water partition coefficient (Wildman–Crippen LogP) is 1.23. The van der Waals surface area contributed by atoms with Gasteiger partial charge in [-0.05, 0) is 19.1 Å². The van der Waals surface area contributed by atoms with Gasteiger partial charge >= 0.3 is 5.97 Å². The molecule has 1 heterocycles. The van der Waals surface area contributed by atoms with Crippen LogP contribution in [0.1, 0.15) is 17.3 Å². The molecule has 0 atom stereocenters. The lowest BCUT2D eigenvalue weighted by Crippen LogP contribution is -2.34. The van der Waals surface area contributed by atoms with Crippen LogP contribution in [-0.4, -0.2) is 28.3 Å². The number of primary amides is 1. The van der Waals surface area contributed by atoms with Crippen LogP contribution in [-0.2, 0) is 16.1 Å². The van der Waals surface area contributed by atoms with Gasteiger partial charge in [-0.2, -0.15) is 5.10 Å². The van der Waals surface area contributed by atoms with E-state index >= 15 is 0 Å². The summed E-state index contributed by atoms with van der Waals surface area (Å²) in [4.78, 5) is 35.3. The number of hydrogen-bond donors (Lipinski definition) is 1. The third-order valence-electron chi connectivity index (χ3n) is 2.93. The number of hydrogen-bond acceptors (Lipinski definition) is 5. The second-order valence-corrected chi connectivity index (χ2v) is 4.98. The number of aromatic nitrogens is 2. The molecule has 120 valence electrons. The summed E-state index contributed by atoms with van der Waals surface area (Å²) in [5.41, 5.74) is 4.90. The third kappa shape index (κ3) is 3.75. The van der Waals surface area contributed by atoms with Crippen molar-refractivity contribution in [2.24, 2.45) is 5.73 Å². The van der Waals surface area contributed by atoms with Crippen LogP contribution in [0.2, 0.25) is 5.02 Å². The van der Waals surface area contributed by atoms with Crippen molar-refractivity contribution in [2.75, 3.05) is 6.61 Å². The highest BCUT2D eigenvalue weighted by molar-refractivity contribution is 6.33. The van der Waals surface area contributed by atoms with Gasteiger partial charge in [-0.15, -0.1) is 0 Å². The zero-order valence-corrected chi connectivity index (χ0v) is 13.0. The molecular formula is C15H14ClN3O4. The topological polar surface area (TPSA) is 104 Å². The second-order valence-electron chi connectivity index (χ2n) is 4.57. The lowest BCUT2D eigenvalue weighted by Gasteiger charge is -2.10. The summed E-state index contributed by atoms with van der Waals surface area (Å²) in [6.07, 6.45) is 0. The summed E-state index contributed by atoms with van der Waals surface area (Å²) in [6, 6.07) is 8.08. The van der Waals surface area contributed by atoms with Crippen molar-refractivity contribution in [1.82, 2.24) is 9.78 Å². The maximum absolute atomic E-state index is 12.2. The molecule has 2 aromatic rings. The molecule has 7 nitrogen and oxygen atoms in total. The van der Waals surface area contributed by atoms with Gasteiger partial charge in [0.25, 0.3) is 5.56 Å². The average Bonchev–Trinajstić information content (AvgIpc) is 2.49. The van der Waals surface area contributed by atoms with Crippen LogP contribution in [0.3, 0.4) is 0 Å². The Bertz CT molecular complexity index is 817. The SMILES string of the molecule is CCOC(=O)c1cc(-c2ccccc2Cl)nn(CC(N)=O)c1=O. The van der Waals surface area contributed by atoms with Gasteiger partial charge in [0.15, 0.2) is 0 Å². The number of nitrogens with two attached hydrogens (primary N) is 1. The van der Waals surface area contributed by atoms with Gasteiger partial charge in [0.2, 0.25) is 5.91 Å². The first-order valence-corrected chi connectivity index (χ1v) is 7.14. The molecule has 0 saturated heterocycles. The number of carbonyl (C=O) groups is 2. The zero-order valence-electron chi connectivity index (χ0n) is 12.3. The summed E-state index contributed by atoms with van der Waals surface area (Å²) < 4.78 is 5.69. The molecule has 0 saturated carbocycles. The van der Waals surface area contributed by atoms with E-state index in [9.17, 15) is 14.4 Å². The Morgan fingerprint density at radius 3 is 2.65 bits per heavy atom. The summed E-state index contributed by atoms with van der Waals surface area (Å²) in [6.45, 7) is 1.28. The van der Waals surface area contributed by atoms with Crippen LogP contribution in [0.15, 0.2) is 35.1 Å². The molecule has 8 heteroatoms. The number of ether oxygens (including phenoxy) is 1. The summed E-state index contributed by atoms with van der Waals surface area (Å²) in [5.74, 6) is -1.56. The molecule has 0 aliphatic carbocycles. The van der Waals surface area contributed by atoms with Crippen LogP contribution >= 0.6 is 11.6 Å².